The Morgan fingerprint density at radius 2 is 2.25 bits per heavy atom. The predicted molar refractivity (Wildman–Crippen MR) is 73.1 cm³/mol. The summed E-state index contributed by atoms with van der Waals surface area (Å²) in [5.41, 5.74) is 6.92. The Hall–Kier alpha value is -1.73. The van der Waals surface area contributed by atoms with E-state index in [1.807, 2.05) is 0 Å². The second kappa shape index (κ2) is 4.99. The summed E-state index contributed by atoms with van der Waals surface area (Å²) < 4.78 is 32.3. The van der Waals surface area contributed by atoms with Crippen molar-refractivity contribution in [2.24, 2.45) is 5.73 Å². The molecule has 0 aromatic heterocycles. The van der Waals surface area contributed by atoms with Crippen molar-refractivity contribution in [2.75, 3.05) is 13.2 Å². The van der Waals surface area contributed by atoms with Crippen molar-refractivity contribution in [1.29, 1.82) is 0 Å². The van der Waals surface area contributed by atoms with Gasteiger partial charge in [-0.25, -0.2) is 14.1 Å². The molecule has 1 aromatic carbocycles. The second-order valence-electron chi connectivity index (χ2n) is 4.65. The van der Waals surface area contributed by atoms with Crippen LogP contribution in [0.15, 0.2) is 24.0 Å². The maximum atomic E-state index is 13.6. The highest BCUT2D eigenvalue weighted by Gasteiger charge is 2.33. The van der Waals surface area contributed by atoms with Crippen LogP contribution in [0.4, 0.5) is 8.78 Å². The van der Waals surface area contributed by atoms with Gasteiger partial charge in [0.25, 0.3) is 0 Å². The minimum atomic E-state index is -0.679. The molecule has 7 heteroatoms. The first-order chi connectivity index (χ1) is 9.60. The summed E-state index contributed by atoms with van der Waals surface area (Å²) in [5.74, 6) is -1.18. The fraction of sp³-hybridized carbons (Fsp3) is 0.308. The average Bonchev–Trinajstić information content (AvgIpc) is 2.78. The van der Waals surface area contributed by atoms with Gasteiger partial charge in [0, 0.05) is 24.6 Å². The van der Waals surface area contributed by atoms with Crippen LogP contribution in [0.5, 0.6) is 5.75 Å². The lowest BCUT2D eigenvalue weighted by Crippen LogP contribution is -2.45. The van der Waals surface area contributed by atoms with Crippen LogP contribution >= 0.6 is 12.2 Å². The third-order valence-electron chi connectivity index (χ3n) is 3.37. The normalized spacial score (nSPS) is 21.1. The van der Waals surface area contributed by atoms with Gasteiger partial charge in [-0.2, -0.15) is 0 Å². The minimum Gasteiger partial charge on any atom is -0.488 e. The molecule has 2 aliphatic heterocycles. The van der Waals surface area contributed by atoms with Crippen molar-refractivity contribution >= 4 is 17.3 Å². The summed E-state index contributed by atoms with van der Waals surface area (Å²) in [7, 11) is 0. The number of ether oxygens (including phenoxy) is 1. The molecule has 1 atom stereocenters. The monoisotopic (exact) mass is 296 g/mol. The van der Waals surface area contributed by atoms with E-state index in [0.717, 1.165) is 11.8 Å². The molecule has 1 radical (unpaired) electrons. The van der Waals surface area contributed by atoms with Gasteiger partial charge in [0.15, 0.2) is 16.7 Å². The zero-order valence-electron chi connectivity index (χ0n) is 10.5. The largest absolute Gasteiger partial charge is 0.488 e. The van der Waals surface area contributed by atoms with Crippen molar-refractivity contribution in [3.63, 3.8) is 0 Å². The average molecular weight is 296 g/mol. The van der Waals surface area contributed by atoms with E-state index in [0.29, 0.717) is 23.6 Å². The Morgan fingerprint density at radius 3 is 3.00 bits per heavy atom. The van der Waals surface area contributed by atoms with Gasteiger partial charge < -0.3 is 15.4 Å². The molecule has 2 heterocycles. The molecule has 0 bridgehead atoms. The van der Waals surface area contributed by atoms with Gasteiger partial charge in [-0.3, -0.25) is 0 Å². The summed E-state index contributed by atoms with van der Waals surface area (Å²) in [6, 6.07) is 1.95. The predicted octanol–water partition coefficient (Wildman–Crippen LogP) is 1.27. The van der Waals surface area contributed by atoms with Crippen LogP contribution in [-0.2, 0) is 6.42 Å². The highest BCUT2D eigenvalue weighted by molar-refractivity contribution is 7.80. The van der Waals surface area contributed by atoms with E-state index in [-0.39, 0.29) is 18.4 Å². The van der Waals surface area contributed by atoms with Gasteiger partial charge in [-0.05, 0) is 18.3 Å². The van der Waals surface area contributed by atoms with Gasteiger partial charge in [0.2, 0.25) is 0 Å². The van der Waals surface area contributed by atoms with Gasteiger partial charge >= 0.3 is 0 Å². The lowest BCUT2D eigenvalue weighted by Gasteiger charge is -2.34. The number of rotatable bonds is 2. The van der Waals surface area contributed by atoms with Gasteiger partial charge in [-0.1, -0.05) is 0 Å². The molecular formula is C13H12F2N3OS. The molecule has 2 N–H and O–H groups in total. The topological polar surface area (TPSA) is 52.6 Å². The van der Waals surface area contributed by atoms with Crippen molar-refractivity contribution < 1.29 is 13.5 Å². The fourth-order valence-electron chi connectivity index (χ4n) is 2.50. The lowest BCUT2D eigenvalue weighted by atomic mass is 10.0. The standard InChI is InChI=1S/C13H12F2N3OS/c14-8-1-7-2-9(6-19-12(7)11(15)3-8)18-10(4-16)5-17-13(18)20/h1,3,5,9H,2,4,6,16H2/t9-/m1/s1. The van der Waals surface area contributed by atoms with Gasteiger partial charge in [-0.15, -0.1) is 0 Å². The number of nitrogens with two attached hydrogens (primary N) is 1. The van der Waals surface area contributed by atoms with Crippen LogP contribution < -0.4 is 15.8 Å². The minimum absolute atomic E-state index is 0.114. The number of hydrogen-bond donors (Lipinski definition) is 1. The van der Waals surface area contributed by atoms with Crippen molar-refractivity contribution in [1.82, 2.24) is 10.2 Å². The second-order valence-corrected chi connectivity index (χ2v) is 5.02. The number of halogens is 2. The highest BCUT2D eigenvalue weighted by atomic mass is 32.1. The molecule has 0 spiro atoms. The number of benzene rings is 1. The first kappa shape index (κ1) is 13.3. The fourth-order valence-corrected chi connectivity index (χ4v) is 2.82. The quantitative estimate of drug-likeness (QED) is 0.835. The molecule has 0 aliphatic carbocycles. The summed E-state index contributed by atoms with van der Waals surface area (Å²) in [6.07, 6.45) is 2.04. The molecule has 0 saturated heterocycles. The van der Waals surface area contributed by atoms with Crippen LogP contribution in [-0.4, -0.2) is 29.2 Å². The number of hydrogen-bond acceptors (Lipinski definition) is 3. The molecule has 0 unspecified atom stereocenters. The third kappa shape index (κ3) is 2.12. The van der Waals surface area contributed by atoms with Crippen LogP contribution in [0.3, 0.4) is 0 Å². The van der Waals surface area contributed by atoms with E-state index in [1.165, 1.54) is 6.07 Å². The number of fused-ring (bicyclic) bond motifs is 1. The number of nitrogens with zero attached hydrogens (tertiary/aromatic N) is 2. The molecule has 20 heavy (non-hydrogen) atoms. The Labute approximate surface area is 120 Å². The zero-order chi connectivity index (χ0) is 14.3. The zero-order valence-corrected chi connectivity index (χ0v) is 11.3. The smallest absolute Gasteiger partial charge is 0.200 e. The van der Waals surface area contributed by atoms with E-state index >= 15 is 0 Å². The first-order valence-corrected chi connectivity index (χ1v) is 6.55. The highest BCUT2D eigenvalue weighted by Crippen LogP contribution is 2.32. The van der Waals surface area contributed by atoms with E-state index < -0.39 is 11.6 Å². The van der Waals surface area contributed by atoms with E-state index in [2.05, 4.69) is 5.32 Å². The molecule has 2 aliphatic rings. The van der Waals surface area contributed by atoms with E-state index in [9.17, 15) is 8.78 Å². The summed E-state index contributed by atoms with van der Waals surface area (Å²) in [6.45, 7) is 0.549. The molecule has 1 aromatic rings. The molecule has 0 amide bonds. The first-order valence-electron chi connectivity index (χ1n) is 6.14. The van der Waals surface area contributed by atoms with E-state index in [1.54, 1.807) is 11.1 Å². The van der Waals surface area contributed by atoms with Crippen LogP contribution in [0.2, 0.25) is 0 Å². The SMILES string of the molecule is NCC1=C[N]C(=S)N1[C@H]1COc2c(F)cc(F)cc2C1. The maximum absolute atomic E-state index is 13.6. The number of thiocarbonyl (C=S) groups is 1. The molecule has 3 rings (SSSR count). The van der Waals surface area contributed by atoms with Crippen LogP contribution in [0, 0.1) is 11.6 Å². The van der Waals surface area contributed by atoms with Crippen LogP contribution in [0.25, 0.3) is 0 Å². The van der Waals surface area contributed by atoms with Crippen LogP contribution in [0.1, 0.15) is 5.56 Å². The maximum Gasteiger partial charge on any atom is 0.200 e. The Kier molecular flexibility index (Phi) is 3.31. The summed E-state index contributed by atoms with van der Waals surface area (Å²) >= 11 is 5.16. The molecular weight excluding hydrogens is 284 g/mol. The molecule has 105 valence electrons. The molecule has 0 fully saturated rings. The van der Waals surface area contributed by atoms with E-state index in [4.69, 9.17) is 22.7 Å². The Morgan fingerprint density at radius 1 is 1.45 bits per heavy atom. The molecule has 0 saturated carbocycles. The Balaban J connectivity index is 1.89. The van der Waals surface area contributed by atoms with Gasteiger partial charge in [0.05, 0.1) is 17.9 Å². The molecule has 4 nitrogen and oxygen atoms in total. The van der Waals surface area contributed by atoms with Crippen molar-refractivity contribution in [2.45, 2.75) is 12.5 Å². The summed E-state index contributed by atoms with van der Waals surface area (Å²) in [5, 5.41) is 4.45. The Bertz CT molecular complexity index is 606. The van der Waals surface area contributed by atoms with Crippen molar-refractivity contribution in [3.8, 4) is 5.75 Å². The van der Waals surface area contributed by atoms with Crippen molar-refractivity contribution in [3.05, 3.63) is 41.2 Å². The lowest BCUT2D eigenvalue weighted by molar-refractivity contribution is 0.189. The van der Waals surface area contributed by atoms with Gasteiger partial charge in [0.1, 0.15) is 12.4 Å². The third-order valence-corrected chi connectivity index (χ3v) is 3.68. The summed E-state index contributed by atoms with van der Waals surface area (Å²) in [4.78, 5) is 1.79.